The Morgan fingerprint density at radius 2 is 2.17 bits per heavy atom. The van der Waals surface area contributed by atoms with Crippen molar-refractivity contribution in [3.05, 3.63) is 21.6 Å². The van der Waals surface area contributed by atoms with Gasteiger partial charge in [0, 0.05) is 6.54 Å². The van der Waals surface area contributed by atoms with Crippen LogP contribution in [-0.2, 0) is 14.6 Å². The largest absolute Gasteiger partial charge is 0.381 e. The van der Waals surface area contributed by atoms with Crippen molar-refractivity contribution < 1.29 is 13.2 Å². The van der Waals surface area contributed by atoms with E-state index in [1.807, 2.05) is 0 Å². The molecule has 0 saturated carbocycles. The van der Waals surface area contributed by atoms with Gasteiger partial charge in [0.15, 0.2) is 9.84 Å². The van der Waals surface area contributed by atoms with Crippen LogP contribution in [0.25, 0.3) is 0 Å². The molecular weight excluding hydrogens is 356 g/mol. The molecular formula is C14H21ClN4O4S. The molecule has 1 aromatic heterocycles. The van der Waals surface area contributed by atoms with Gasteiger partial charge >= 0.3 is 0 Å². The molecule has 0 spiro atoms. The van der Waals surface area contributed by atoms with Gasteiger partial charge in [-0.1, -0.05) is 11.6 Å². The second kappa shape index (κ2) is 7.38. The molecule has 0 radical (unpaired) electrons. The summed E-state index contributed by atoms with van der Waals surface area (Å²) in [5.74, 6) is 0.0165. The summed E-state index contributed by atoms with van der Waals surface area (Å²) in [6.07, 6.45) is 3.14. The number of hydrogen-bond donors (Lipinski definition) is 2. The second-order valence-electron chi connectivity index (χ2n) is 6.05. The number of sulfone groups is 1. The first kappa shape index (κ1) is 17.7. The first-order chi connectivity index (χ1) is 11.5. The molecule has 3 rings (SSSR count). The molecule has 0 amide bonds. The first-order valence-electron chi connectivity index (χ1n) is 8.00. The van der Waals surface area contributed by atoms with Gasteiger partial charge in [-0.2, -0.15) is 5.10 Å². The SMILES string of the molecule is O=c1c(Cl)c(NC[C@@H]2COCCS2(=O)=O)cnn1C1CCNCC1. The fraction of sp³-hybridized carbons (Fsp3) is 0.714. The number of hydrogen-bond acceptors (Lipinski definition) is 7. The minimum atomic E-state index is -3.18. The first-order valence-corrected chi connectivity index (χ1v) is 10.1. The van der Waals surface area contributed by atoms with Gasteiger partial charge in [-0.25, -0.2) is 13.1 Å². The van der Waals surface area contributed by atoms with Crippen LogP contribution in [0.3, 0.4) is 0 Å². The highest BCUT2D eigenvalue weighted by atomic mass is 35.5. The van der Waals surface area contributed by atoms with Gasteiger partial charge in [-0.05, 0) is 25.9 Å². The van der Waals surface area contributed by atoms with Crippen molar-refractivity contribution in [3.8, 4) is 0 Å². The molecule has 2 saturated heterocycles. The van der Waals surface area contributed by atoms with Crippen LogP contribution in [0, 0.1) is 0 Å². The number of ether oxygens (including phenoxy) is 1. The molecule has 134 valence electrons. The zero-order valence-corrected chi connectivity index (χ0v) is 14.8. The van der Waals surface area contributed by atoms with E-state index < -0.39 is 15.1 Å². The third-order valence-corrected chi connectivity index (χ3v) is 6.86. The standard InChI is InChI=1S/C14H21ClN4O4S/c15-13-12(17-7-11-9-23-5-6-24(11,21)22)8-18-19(14(13)20)10-1-3-16-4-2-10/h8,10-11,16-17H,1-7,9H2/t11-/m1/s1. The molecule has 2 aliphatic rings. The van der Waals surface area contributed by atoms with Crippen LogP contribution in [0.2, 0.25) is 5.02 Å². The summed E-state index contributed by atoms with van der Waals surface area (Å²) in [6, 6.07) is 0.0393. The number of aromatic nitrogens is 2. The van der Waals surface area contributed by atoms with E-state index in [2.05, 4.69) is 15.7 Å². The summed E-state index contributed by atoms with van der Waals surface area (Å²) in [7, 11) is -3.18. The predicted molar refractivity (Wildman–Crippen MR) is 91.5 cm³/mol. The minimum absolute atomic E-state index is 0.0165. The summed E-state index contributed by atoms with van der Waals surface area (Å²) in [5.41, 5.74) is 0.00365. The molecule has 2 fully saturated rings. The summed E-state index contributed by atoms with van der Waals surface area (Å²) in [6.45, 7) is 2.20. The van der Waals surface area contributed by atoms with Crippen LogP contribution in [0.15, 0.2) is 11.0 Å². The summed E-state index contributed by atoms with van der Waals surface area (Å²) >= 11 is 6.17. The Labute approximate surface area is 145 Å². The smallest absolute Gasteiger partial charge is 0.287 e. The van der Waals surface area contributed by atoms with Crippen molar-refractivity contribution >= 4 is 27.1 Å². The Morgan fingerprint density at radius 1 is 1.42 bits per heavy atom. The molecule has 3 heterocycles. The average molecular weight is 377 g/mol. The molecule has 8 nitrogen and oxygen atoms in total. The average Bonchev–Trinajstić information content (AvgIpc) is 2.58. The number of halogens is 1. The third-order valence-electron chi connectivity index (χ3n) is 4.44. The van der Waals surface area contributed by atoms with Crippen LogP contribution >= 0.6 is 11.6 Å². The molecule has 0 aliphatic carbocycles. The van der Waals surface area contributed by atoms with E-state index in [4.69, 9.17) is 16.3 Å². The van der Waals surface area contributed by atoms with E-state index in [1.165, 1.54) is 10.9 Å². The van der Waals surface area contributed by atoms with E-state index in [0.29, 0.717) is 5.69 Å². The third kappa shape index (κ3) is 3.74. The van der Waals surface area contributed by atoms with Crippen LogP contribution < -0.4 is 16.2 Å². The molecule has 1 aromatic rings. The lowest BCUT2D eigenvalue weighted by molar-refractivity contribution is 0.140. The zero-order valence-electron chi connectivity index (χ0n) is 13.2. The fourth-order valence-corrected chi connectivity index (χ4v) is 4.48. The molecule has 2 N–H and O–H groups in total. The van der Waals surface area contributed by atoms with Crippen molar-refractivity contribution in [2.45, 2.75) is 24.1 Å². The van der Waals surface area contributed by atoms with Gasteiger partial charge in [0.05, 0.1) is 36.9 Å². The van der Waals surface area contributed by atoms with Crippen molar-refractivity contribution in [2.24, 2.45) is 0 Å². The van der Waals surface area contributed by atoms with Gasteiger partial charge < -0.3 is 15.4 Å². The second-order valence-corrected chi connectivity index (χ2v) is 8.83. The van der Waals surface area contributed by atoms with Crippen molar-refractivity contribution in [1.29, 1.82) is 0 Å². The van der Waals surface area contributed by atoms with Gasteiger partial charge in [-0.15, -0.1) is 0 Å². The van der Waals surface area contributed by atoms with Gasteiger partial charge in [0.2, 0.25) is 0 Å². The van der Waals surface area contributed by atoms with Crippen LogP contribution in [0.4, 0.5) is 5.69 Å². The molecule has 24 heavy (non-hydrogen) atoms. The summed E-state index contributed by atoms with van der Waals surface area (Å²) in [4.78, 5) is 12.4. The lowest BCUT2D eigenvalue weighted by atomic mass is 10.1. The maximum atomic E-state index is 12.4. The minimum Gasteiger partial charge on any atom is -0.381 e. The molecule has 1 atom stereocenters. The zero-order chi connectivity index (χ0) is 17.2. The van der Waals surface area contributed by atoms with Gasteiger partial charge in [-0.3, -0.25) is 4.79 Å². The Hall–Kier alpha value is -1.16. The van der Waals surface area contributed by atoms with Gasteiger partial charge in [0.1, 0.15) is 10.3 Å². The molecule has 10 heteroatoms. The Balaban J connectivity index is 1.72. The summed E-state index contributed by atoms with van der Waals surface area (Å²) in [5, 5.41) is 9.77. The Morgan fingerprint density at radius 3 is 2.88 bits per heavy atom. The maximum absolute atomic E-state index is 12.4. The van der Waals surface area contributed by atoms with E-state index in [1.54, 1.807) is 0 Å². The van der Waals surface area contributed by atoms with Crippen molar-refractivity contribution in [3.63, 3.8) is 0 Å². The fourth-order valence-electron chi connectivity index (χ4n) is 2.95. The van der Waals surface area contributed by atoms with E-state index in [-0.39, 0.29) is 42.1 Å². The van der Waals surface area contributed by atoms with Crippen LogP contribution in [0.1, 0.15) is 18.9 Å². The number of nitrogens with zero attached hydrogens (tertiary/aromatic N) is 2. The quantitative estimate of drug-likeness (QED) is 0.765. The van der Waals surface area contributed by atoms with E-state index >= 15 is 0 Å². The lowest BCUT2D eigenvalue weighted by Crippen LogP contribution is -2.41. The van der Waals surface area contributed by atoms with E-state index in [0.717, 1.165) is 25.9 Å². The number of anilines is 1. The predicted octanol–water partition coefficient (Wildman–Crippen LogP) is 0.0467. The van der Waals surface area contributed by atoms with Crippen molar-refractivity contribution in [1.82, 2.24) is 15.1 Å². The van der Waals surface area contributed by atoms with E-state index in [9.17, 15) is 13.2 Å². The molecule has 0 aromatic carbocycles. The topological polar surface area (TPSA) is 102 Å². The lowest BCUT2D eigenvalue weighted by Gasteiger charge is -2.25. The van der Waals surface area contributed by atoms with Crippen molar-refractivity contribution in [2.75, 3.05) is 43.9 Å². The highest BCUT2D eigenvalue weighted by molar-refractivity contribution is 7.92. The maximum Gasteiger partial charge on any atom is 0.287 e. The summed E-state index contributed by atoms with van der Waals surface area (Å²) < 4.78 is 30.6. The number of piperidine rings is 1. The van der Waals surface area contributed by atoms with Gasteiger partial charge in [0.25, 0.3) is 5.56 Å². The highest BCUT2D eigenvalue weighted by Crippen LogP contribution is 2.21. The molecule has 2 aliphatic heterocycles. The normalized spacial score (nSPS) is 24.6. The Kier molecular flexibility index (Phi) is 5.43. The van der Waals surface area contributed by atoms with Crippen LogP contribution in [0.5, 0.6) is 0 Å². The molecule has 0 bridgehead atoms. The highest BCUT2D eigenvalue weighted by Gasteiger charge is 2.29. The van der Waals surface area contributed by atoms with Crippen LogP contribution in [-0.4, -0.2) is 62.0 Å². The Bertz CT molecular complexity index is 746. The number of nitrogens with one attached hydrogen (secondary N) is 2. The molecule has 0 unspecified atom stereocenters. The number of rotatable bonds is 4. The monoisotopic (exact) mass is 376 g/mol.